The van der Waals surface area contributed by atoms with Gasteiger partial charge in [-0.25, -0.2) is 0 Å². The molecule has 60 heteroatoms. The highest BCUT2D eigenvalue weighted by atomic mass is 32.3. The standard InChI is InChI=1S/C72H136N10O40S10/c1-23-44(54(84)74-64(5,6)34-124(96,97)98)25-46(56(86)76-66(9,10)36-126(102,103)104)27-48(58(88)78-68(13,14)38-128(108,109)110)29-50(60(90)80-70(17,18)40-130(114,115)116)31-52(62(92)82-72(21,22)42-132(120,121)122)32-51(61(91)81-71(19,20)41-131(117,118)119)30-49(59(89)79-69(15,16)39-129(111,112)113)28-47(57(87)77-67(11,12)37-127(105,106)107)26-45(55(85)75-65(7,8)35-125(99,100)101)24-43(2)53(83)73-63(3,4)33-123(93,94)95/h43-52H,23-42H2,1-22H3,(H,73,83)(H,74,84)(H,75,85)(H,76,86)(H,77,87)(H,78,88)(H,79,89)(H,80,90)(H,81,91)(H,82,92)(H,93,94,95)(H,96,97,98)(H,99,100,101)(H,102,103,104)(H,105,106,107)(H,108,109,110)(H,111,112,113)(H,114,115,116)(H,117,118,119)(H,120,121,122). The molecule has 0 aromatic carbocycles. The van der Waals surface area contributed by atoms with Crippen LogP contribution in [0.25, 0.3) is 0 Å². The molecule has 0 fully saturated rings. The predicted molar refractivity (Wildman–Crippen MR) is 479 cm³/mol. The van der Waals surface area contributed by atoms with Crippen molar-refractivity contribution in [3.8, 4) is 0 Å². The topological polar surface area (TPSA) is 835 Å². The molecule has 20 N–H and O–H groups in total. The number of hydrogen-bond acceptors (Lipinski definition) is 30. The fourth-order valence-electron chi connectivity index (χ4n) is 15.5. The molecule has 0 spiro atoms. The molecule has 0 aliphatic rings. The number of carbonyl (C=O) groups is 10. The van der Waals surface area contributed by atoms with Gasteiger partial charge >= 0.3 is 0 Å². The van der Waals surface area contributed by atoms with E-state index in [1.165, 1.54) is 6.92 Å². The Morgan fingerprint density at radius 1 is 0.182 bits per heavy atom. The molecule has 0 saturated heterocycles. The van der Waals surface area contributed by atoms with E-state index in [2.05, 4.69) is 53.2 Å². The predicted octanol–water partition coefficient (Wildman–Crippen LogP) is -1.08. The van der Waals surface area contributed by atoms with Crippen molar-refractivity contribution in [1.29, 1.82) is 0 Å². The minimum atomic E-state index is -5.26. The van der Waals surface area contributed by atoms with Crippen LogP contribution in [0, 0.1) is 59.2 Å². The number of carbonyl (C=O) groups excluding carboxylic acids is 10. The quantitative estimate of drug-likeness (QED) is 0.0322. The van der Waals surface area contributed by atoms with Crippen LogP contribution in [0.2, 0.25) is 0 Å². The molecule has 0 rings (SSSR count). The van der Waals surface area contributed by atoms with Crippen molar-refractivity contribution in [2.45, 2.75) is 272 Å². The molecule has 10 atom stereocenters. The summed E-state index contributed by atoms with van der Waals surface area (Å²) in [7, 11) is -51.2. The van der Waals surface area contributed by atoms with E-state index in [1.807, 2.05) is 0 Å². The molecule has 0 heterocycles. The third-order valence-electron chi connectivity index (χ3n) is 19.5. The minimum absolute atomic E-state index is 0.333. The lowest BCUT2D eigenvalue weighted by molar-refractivity contribution is -0.135. The zero-order chi connectivity index (χ0) is 105. The van der Waals surface area contributed by atoms with Crippen LogP contribution in [0.5, 0.6) is 0 Å². The van der Waals surface area contributed by atoms with E-state index in [-0.39, 0.29) is 6.42 Å². The maximum Gasteiger partial charge on any atom is 0.267 e. The van der Waals surface area contributed by atoms with Gasteiger partial charge in [0.1, 0.15) is 0 Å². The monoisotopic (exact) mass is 2100 g/mol. The number of amides is 10. The van der Waals surface area contributed by atoms with Gasteiger partial charge < -0.3 is 53.2 Å². The molecule has 10 unspecified atom stereocenters. The van der Waals surface area contributed by atoms with Gasteiger partial charge in [0.2, 0.25) is 59.1 Å². The first-order chi connectivity index (χ1) is 57.8. The average Bonchev–Trinajstić information content (AvgIpc) is 0.808. The van der Waals surface area contributed by atoms with E-state index in [0.29, 0.717) is 0 Å². The van der Waals surface area contributed by atoms with Gasteiger partial charge in [-0.3, -0.25) is 93.5 Å². The van der Waals surface area contributed by atoms with Gasteiger partial charge in [-0.1, -0.05) is 13.8 Å². The summed E-state index contributed by atoms with van der Waals surface area (Å²) in [5.41, 5.74) is -21.2. The molecule has 0 saturated carbocycles. The molecule has 0 aromatic heterocycles. The maximum absolute atomic E-state index is 16.0. The first-order valence-corrected chi connectivity index (χ1v) is 56.6. The highest BCUT2D eigenvalue weighted by Gasteiger charge is 2.48. The van der Waals surface area contributed by atoms with Crippen LogP contribution in [-0.2, 0) is 149 Å². The number of nitrogens with one attached hydrogen (secondary N) is 10. The van der Waals surface area contributed by atoms with Crippen molar-refractivity contribution >= 4 is 160 Å². The summed E-state index contributed by atoms with van der Waals surface area (Å²) in [5, 5.41) is 23.4. The van der Waals surface area contributed by atoms with Gasteiger partial charge in [-0.05, 0) is 203 Å². The number of hydrogen-bond donors (Lipinski definition) is 20. The Labute approximate surface area is 774 Å². The Balaban J connectivity index is 10.9. The molecular weight excluding hydrogens is 1970 g/mol. The first-order valence-electron chi connectivity index (χ1n) is 40.6. The highest BCUT2D eigenvalue weighted by molar-refractivity contribution is 7.88. The van der Waals surface area contributed by atoms with Crippen LogP contribution >= 0.6 is 0 Å². The Morgan fingerprint density at radius 3 is 0.379 bits per heavy atom. The van der Waals surface area contributed by atoms with Gasteiger partial charge in [0.15, 0.2) is 0 Å². The van der Waals surface area contributed by atoms with Crippen molar-refractivity contribution < 1.29 is 178 Å². The largest absolute Gasteiger partial charge is 0.350 e. The molecule has 50 nitrogen and oxygen atoms in total. The van der Waals surface area contributed by atoms with Crippen molar-refractivity contribution in [2.75, 3.05) is 57.5 Å². The second kappa shape index (κ2) is 46.1. The van der Waals surface area contributed by atoms with Gasteiger partial charge in [-0.2, -0.15) is 84.2 Å². The molecular formula is C72H136N10O40S10. The molecule has 0 aliphatic heterocycles. The molecule has 774 valence electrons. The second-order valence-corrected chi connectivity index (χ2v) is 55.2. The smallest absolute Gasteiger partial charge is 0.267 e. The summed E-state index contributed by atoms with van der Waals surface area (Å²) in [6.45, 7) is 22.9. The molecule has 0 aromatic rings. The Hall–Kier alpha value is -6.20. The zero-order valence-corrected chi connectivity index (χ0v) is 85.9. The summed E-state index contributed by atoms with van der Waals surface area (Å²) in [6.07, 6.45) is -10.8. The Morgan fingerprint density at radius 2 is 0.273 bits per heavy atom. The summed E-state index contributed by atoms with van der Waals surface area (Å²) in [5.74, 6) is -48.3. The summed E-state index contributed by atoms with van der Waals surface area (Å²) >= 11 is 0. The van der Waals surface area contributed by atoms with Crippen molar-refractivity contribution in [3.63, 3.8) is 0 Å². The molecule has 0 bridgehead atoms. The zero-order valence-electron chi connectivity index (χ0n) is 77.7. The molecule has 132 heavy (non-hydrogen) atoms. The Kier molecular flexibility index (Phi) is 43.9. The van der Waals surface area contributed by atoms with E-state index in [0.717, 1.165) is 145 Å². The van der Waals surface area contributed by atoms with E-state index < -0.39 is 390 Å². The van der Waals surface area contributed by atoms with Crippen LogP contribution in [0.3, 0.4) is 0 Å². The van der Waals surface area contributed by atoms with Crippen LogP contribution in [-0.4, -0.2) is 302 Å². The van der Waals surface area contributed by atoms with Crippen LogP contribution in [0.1, 0.15) is 217 Å². The summed E-state index contributed by atoms with van der Waals surface area (Å²) in [6, 6.07) is 0. The lowest BCUT2D eigenvalue weighted by Crippen LogP contribution is -2.55. The van der Waals surface area contributed by atoms with Gasteiger partial charge in [0.05, 0.1) is 113 Å². The number of rotatable bonds is 59. The maximum atomic E-state index is 16.0. The fourth-order valence-corrected chi connectivity index (χ4v) is 25.4. The normalized spacial score (nSPS) is 16.3. The van der Waals surface area contributed by atoms with Crippen LogP contribution < -0.4 is 53.2 Å². The lowest BCUT2D eigenvalue weighted by Gasteiger charge is -2.36. The molecule has 10 amide bonds. The van der Waals surface area contributed by atoms with Gasteiger partial charge in [-0.15, -0.1) is 0 Å². The summed E-state index contributed by atoms with van der Waals surface area (Å²) < 4.78 is 352. The molecule has 0 radical (unpaired) electrons. The van der Waals surface area contributed by atoms with Crippen molar-refractivity contribution in [1.82, 2.24) is 53.2 Å². The lowest BCUT2D eigenvalue weighted by atomic mass is 9.75. The van der Waals surface area contributed by atoms with Crippen LogP contribution in [0.15, 0.2) is 0 Å². The highest BCUT2D eigenvalue weighted by Crippen LogP contribution is 2.38. The second-order valence-electron chi connectivity index (χ2n) is 40.7. The van der Waals surface area contributed by atoms with E-state index in [4.69, 9.17) is 0 Å². The average molecular weight is 2100 g/mol. The third-order valence-corrected chi connectivity index (χ3v) is 30.4. The van der Waals surface area contributed by atoms with E-state index in [1.54, 1.807) is 0 Å². The van der Waals surface area contributed by atoms with Crippen molar-refractivity contribution in [2.24, 2.45) is 59.2 Å². The van der Waals surface area contributed by atoms with Gasteiger partial charge in [0, 0.05) is 59.2 Å². The molecule has 0 aliphatic carbocycles. The van der Waals surface area contributed by atoms with E-state index in [9.17, 15) is 139 Å². The fraction of sp³-hybridized carbons (Fsp3) is 0.861. The minimum Gasteiger partial charge on any atom is -0.350 e. The first kappa shape index (κ1) is 126. The Bertz CT molecular complexity index is 5390. The van der Waals surface area contributed by atoms with Gasteiger partial charge in [0.25, 0.3) is 101 Å². The van der Waals surface area contributed by atoms with E-state index >= 15 is 38.4 Å². The van der Waals surface area contributed by atoms with Crippen molar-refractivity contribution in [3.05, 3.63) is 0 Å². The van der Waals surface area contributed by atoms with Crippen LogP contribution in [0.4, 0.5) is 0 Å². The summed E-state index contributed by atoms with van der Waals surface area (Å²) in [4.78, 5) is 154. The SMILES string of the molecule is CCC(CC(CC(CC(CC(CC(CC(CC(CC(CC(C)C(=O)NC(C)(C)CS(=O)(=O)O)C(=O)NC(C)(C)CS(=O)(=O)O)C(=O)NC(C)(C)CS(=O)(=O)O)C(=O)NC(C)(C)CS(=O)(=O)O)C(=O)NC(C)(C)CS(=O)(=O)O)C(=O)NC(C)(C)CS(=O)(=O)O)C(=O)NC(C)(C)CS(=O)(=O)O)C(=O)NC(C)(C)CS(=O)(=O)O)C(=O)NC(C)(C)CS(=O)(=O)O)C(=O)NC(C)(C)CS(=O)(=O)O. The third kappa shape index (κ3) is 56.5.